The standard InChI is InChI=1S/C24H37NO6/c26-22(16-8-6-4-2-1-3-5-7-9-17-23(27)28)25-20-14-10-11-15-21(20)31-19-13-12-18-24(29)30/h10-11,14-15H,1-9,12-13,16-19H2,(H,25,26)(H,27,28)(H,29,30). The second-order valence-corrected chi connectivity index (χ2v) is 7.82. The van der Waals surface area contributed by atoms with E-state index in [0.717, 1.165) is 57.8 Å². The third-order valence-corrected chi connectivity index (χ3v) is 5.00. The average Bonchev–Trinajstić information content (AvgIpc) is 2.72. The smallest absolute Gasteiger partial charge is 0.303 e. The van der Waals surface area contributed by atoms with Gasteiger partial charge >= 0.3 is 11.9 Å². The minimum atomic E-state index is -0.805. The fourth-order valence-corrected chi connectivity index (χ4v) is 3.27. The van der Waals surface area contributed by atoms with Crippen LogP contribution in [-0.4, -0.2) is 34.7 Å². The number of hydrogen-bond donors (Lipinski definition) is 3. The lowest BCUT2D eigenvalue weighted by Gasteiger charge is -2.12. The van der Waals surface area contributed by atoms with Gasteiger partial charge in [-0.2, -0.15) is 0 Å². The van der Waals surface area contributed by atoms with Crippen LogP contribution in [0.1, 0.15) is 89.9 Å². The highest BCUT2D eigenvalue weighted by Crippen LogP contribution is 2.24. The number of carboxylic acids is 2. The molecule has 0 radical (unpaired) electrons. The minimum Gasteiger partial charge on any atom is -0.491 e. The molecule has 31 heavy (non-hydrogen) atoms. The van der Waals surface area contributed by atoms with Crippen molar-refractivity contribution in [3.63, 3.8) is 0 Å². The van der Waals surface area contributed by atoms with Crippen molar-refractivity contribution >= 4 is 23.5 Å². The van der Waals surface area contributed by atoms with Crippen LogP contribution in [0.3, 0.4) is 0 Å². The first-order valence-corrected chi connectivity index (χ1v) is 11.4. The molecule has 0 aliphatic carbocycles. The van der Waals surface area contributed by atoms with Crippen molar-refractivity contribution in [3.05, 3.63) is 24.3 Å². The molecule has 7 nitrogen and oxygen atoms in total. The van der Waals surface area contributed by atoms with Crippen LogP contribution in [0.4, 0.5) is 5.69 Å². The van der Waals surface area contributed by atoms with E-state index < -0.39 is 11.9 Å². The first-order chi connectivity index (χ1) is 15.0. The summed E-state index contributed by atoms with van der Waals surface area (Å²) in [5, 5.41) is 20.2. The Balaban J connectivity index is 2.10. The molecule has 0 saturated heterocycles. The fraction of sp³-hybridized carbons (Fsp3) is 0.625. The molecule has 0 saturated carbocycles. The van der Waals surface area contributed by atoms with Gasteiger partial charge in [0.2, 0.25) is 5.91 Å². The predicted molar refractivity (Wildman–Crippen MR) is 120 cm³/mol. The summed E-state index contributed by atoms with van der Waals surface area (Å²) < 4.78 is 5.70. The maximum absolute atomic E-state index is 12.2. The number of carbonyl (C=O) groups excluding carboxylic acids is 1. The summed E-state index contributed by atoms with van der Waals surface area (Å²) >= 11 is 0. The Kier molecular flexibility index (Phi) is 14.6. The van der Waals surface area contributed by atoms with Gasteiger partial charge in [-0.25, -0.2) is 0 Å². The Morgan fingerprint density at radius 2 is 1.16 bits per heavy atom. The zero-order valence-electron chi connectivity index (χ0n) is 18.4. The van der Waals surface area contributed by atoms with Gasteiger partial charge in [0.1, 0.15) is 5.75 Å². The van der Waals surface area contributed by atoms with Crippen molar-refractivity contribution in [2.45, 2.75) is 89.9 Å². The van der Waals surface area contributed by atoms with E-state index in [-0.39, 0.29) is 18.7 Å². The molecular weight excluding hydrogens is 398 g/mol. The van der Waals surface area contributed by atoms with Crippen molar-refractivity contribution in [2.75, 3.05) is 11.9 Å². The quantitative estimate of drug-likeness (QED) is 0.243. The van der Waals surface area contributed by atoms with Gasteiger partial charge in [0.05, 0.1) is 12.3 Å². The fourth-order valence-electron chi connectivity index (χ4n) is 3.27. The molecule has 174 valence electrons. The van der Waals surface area contributed by atoms with E-state index in [9.17, 15) is 14.4 Å². The van der Waals surface area contributed by atoms with Gasteiger partial charge in [0.15, 0.2) is 0 Å². The Hall–Kier alpha value is -2.57. The topological polar surface area (TPSA) is 113 Å². The molecule has 0 aliphatic heterocycles. The Bertz CT molecular complexity index is 661. The summed E-state index contributed by atoms with van der Waals surface area (Å²) in [7, 11) is 0. The molecule has 7 heteroatoms. The second-order valence-electron chi connectivity index (χ2n) is 7.82. The van der Waals surface area contributed by atoms with E-state index in [2.05, 4.69) is 5.32 Å². The second kappa shape index (κ2) is 17.1. The number of unbranched alkanes of at least 4 members (excludes halogenated alkanes) is 9. The molecule has 0 aliphatic rings. The molecule has 1 aromatic rings. The maximum Gasteiger partial charge on any atom is 0.303 e. The van der Waals surface area contributed by atoms with Crippen molar-refractivity contribution in [2.24, 2.45) is 0 Å². The van der Waals surface area contributed by atoms with E-state index in [1.54, 1.807) is 12.1 Å². The van der Waals surface area contributed by atoms with Crippen LogP contribution in [0.5, 0.6) is 5.75 Å². The summed E-state index contributed by atoms with van der Waals surface area (Å²) in [6.45, 7) is 0.416. The lowest BCUT2D eigenvalue weighted by molar-refractivity contribution is -0.138. The van der Waals surface area contributed by atoms with Crippen molar-refractivity contribution in [1.82, 2.24) is 0 Å². The van der Waals surface area contributed by atoms with Crippen LogP contribution >= 0.6 is 0 Å². The number of ether oxygens (including phenoxy) is 1. The van der Waals surface area contributed by atoms with Gasteiger partial charge in [-0.05, 0) is 37.8 Å². The molecular formula is C24H37NO6. The van der Waals surface area contributed by atoms with Gasteiger partial charge in [-0.1, -0.05) is 57.1 Å². The highest BCUT2D eigenvalue weighted by Gasteiger charge is 2.08. The average molecular weight is 436 g/mol. The SMILES string of the molecule is O=C(O)CCCCCCCCCCCC(=O)Nc1ccccc1OCCCCC(=O)O. The van der Waals surface area contributed by atoms with Crippen LogP contribution in [-0.2, 0) is 14.4 Å². The van der Waals surface area contributed by atoms with Gasteiger partial charge < -0.3 is 20.3 Å². The molecule has 0 heterocycles. The van der Waals surface area contributed by atoms with Gasteiger partial charge in [0, 0.05) is 19.3 Å². The van der Waals surface area contributed by atoms with Crippen LogP contribution in [0.15, 0.2) is 24.3 Å². The first kappa shape index (κ1) is 26.5. The zero-order chi connectivity index (χ0) is 22.7. The zero-order valence-corrected chi connectivity index (χ0v) is 18.4. The molecule has 1 rings (SSSR count). The number of para-hydroxylation sites is 2. The van der Waals surface area contributed by atoms with E-state index in [0.29, 0.717) is 37.3 Å². The highest BCUT2D eigenvalue weighted by atomic mass is 16.5. The number of aliphatic carboxylic acids is 2. The van der Waals surface area contributed by atoms with Crippen molar-refractivity contribution < 1.29 is 29.3 Å². The van der Waals surface area contributed by atoms with Crippen molar-refractivity contribution in [3.8, 4) is 5.75 Å². The molecule has 1 amide bonds. The number of carbonyl (C=O) groups is 3. The lowest BCUT2D eigenvalue weighted by atomic mass is 10.1. The van der Waals surface area contributed by atoms with Crippen molar-refractivity contribution in [1.29, 1.82) is 0 Å². The summed E-state index contributed by atoms with van der Waals surface area (Å²) in [5.41, 5.74) is 0.647. The third kappa shape index (κ3) is 15.0. The number of hydrogen-bond acceptors (Lipinski definition) is 4. The number of anilines is 1. The monoisotopic (exact) mass is 435 g/mol. The van der Waals surface area contributed by atoms with Crippen LogP contribution in [0, 0.1) is 0 Å². The van der Waals surface area contributed by atoms with Gasteiger partial charge in [0.25, 0.3) is 0 Å². The molecule has 0 unspecified atom stereocenters. The third-order valence-electron chi connectivity index (χ3n) is 5.00. The summed E-state index contributed by atoms with van der Waals surface area (Å²) in [6, 6.07) is 7.29. The van der Waals surface area contributed by atoms with Crippen LogP contribution in [0.25, 0.3) is 0 Å². The number of carboxylic acid groups (broad SMARTS) is 2. The van der Waals surface area contributed by atoms with E-state index >= 15 is 0 Å². The van der Waals surface area contributed by atoms with Crippen LogP contribution in [0.2, 0.25) is 0 Å². The van der Waals surface area contributed by atoms with E-state index in [1.807, 2.05) is 12.1 Å². The predicted octanol–water partition coefficient (Wildman–Crippen LogP) is 5.63. The number of rotatable bonds is 19. The molecule has 0 bridgehead atoms. The molecule has 1 aromatic carbocycles. The van der Waals surface area contributed by atoms with Gasteiger partial charge in [-0.3, -0.25) is 14.4 Å². The highest BCUT2D eigenvalue weighted by molar-refractivity contribution is 5.92. The lowest BCUT2D eigenvalue weighted by Crippen LogP contribution is -2.12. The number of nitrogens with one attached hydrogen (secondary N) is 1. The Morgan fingerprint density at radius 3 is 1.74 bits per heavy atom. The summed E-state index contributed by atoms with van der Waals surface area (Å²) in [6.07, 6.45) is 11.4. The molecule has 0 aromatic heterocycles. The van der Waals surface area contributed by atoms with E-state index in [4.69, 9.17) is 14.9 Å². The molecule has 0 spiro atoms. The maximum atomic E-state index is 12.2. The number of benzene rings is 1. The Morgan fingerprint density at radius 1 is 0.677 bits per heavy atom. The first-order valence-electron chi connectivity index (χ1n) is 11.4. The normalized spacial score (nSPS) is 10.6. The Labute approximate surface area is 185 Å². The largest absolute Gasteiger partial charge is 0.491 e. The molecule has 0 atom stereocenters. The van der Waals surface area contributed by atoms with Crippen LogP contribution < -0.4 is 10.1 Å². The minimum absolute atomic E-state index is 0.0274. The molecule has 3 N–H and O–H groups in total. The van der Waals surface area contributed by atoms with Gasteiger partial charge in [-0.15, -0.1) is 0 Å². The number of amides is 1. The summed E-state index contributed by atoms with van der Waals surface area (Å²) in [4.78, 5) is 33.2. The van der Waals surface area contributed by atoms with E-state index in [1.165, 1.54) is 0 Å². The summed E-state index contributed by atoms with van der Waals surface area (Å²) in [5.74, 6) is -0.941. The molecule has 0 fully saturated rings.